The van der Waals surface area contributed by atoms with Crippen LogP contribution >= 0.6 is 11.3 Å². The quantitative estimate of drug-likeness (QED) is 0.469. The Kier molecular flexibility index (Phi) is 5.86. The minimum absolute atomic E-state index is 0.609. The lowest BCUT2D eigenvalue weighted by Crippen LogP contribution is -2.37. The molecule has 0 aliphatic carbocycles. The van der Waals surface area contributed by atoms with E-state index in [0.29, 0.717) is 6.54 Å². The highest BCUT2D eigenvalue weighted by molar-refractivity contribution is 7.15. The van der Waals surface area contributed by atoms with Gasteiger partial charge in [0.1, 0.15) is 0 Å². The molecule has 0 spiro atoms. The summed E-state index contributed by atoms with van der Waals surface area (Å²) >= 11 is 1.64. The first kappa shape index (κ1) is 14.8. The van der Waals surface area contributed by atoms with Crippen molar-refractivity contribution in [1.82, 2.24) is 20.0 Å². The number of hydrogen-bond acceptors (Lipinski definition) is 3. The van der Waals surface area contributed by atoms with Gasteiger partial charge in [-0.3, -0.25) is 4.40 Å². The van der Waals surface area contributed by atoms with Crippen LogP contribution in [0.5, 0.6) is 0 Å². The fourth-order valence-corrected chi connectivity index (χ4v) is 2.65. The van der Waals surface area contributed by atoms with Crippen molar-refractivity contribution < 1.29 is 0 Å². The Morgan fingerprint density at radius 3 is 3.00 bits per heavy atom. The second-order valence-corrected chi connectivity index (χ2v) is 5.53. The van der Waals surface area contributed by atoms with E-state index in [4.69, 9.17) is 0 Å². The number of imidazole rings is 1. The van der Waals surface area contributed by atoms with E-state index in [1.54, 1.807) is 11.3 Å². The SMILES string of the molecule is CCCCCNC(=NCc1cn2ccsc2n1)NCC. The van der Waals surface area contributed by atoms with Crippen LogP contribution in [0, 0.1) is 0 Å². The molecule has 0 aliphatic rings. The minimum atomic E-state index is 0.609. The van der Waals surface area contributed by atoms with Crippen molar-refractivity contribution in [3.05, 3.63) is 23.5 Å². The number of fused-ring (bicyclic) bond motifs is 1. The number of hydrogen-bond donors (Lipinski definition) is 2. The van der Waals surface area contributed by atoms with Gasteiger partial charge in [-0.2, -0.15) is 0 Å². The first-order chi connectivity index (χ1) is 9.83. The van der Waals surface area contributed by atoms with Crippen LogP contribution in [0.2, 0.25) is 0 Å². The maximum Gasteiger partial charge on any atom is 0.193 e. The van der Waals surface area contributed by atoms with Crippen molar-refractivity contribution in [3.8, 4) is 0 Å². The molecule has 20 heavy (non-hydrogen) atoms. The largest absolute Gasteiger partial charge is 0.357 e. The lowest BCUT2D eigenvalue weighted by Gasteiger charge is -2.10. The molecule has 0 saturated heterocycles. The Balaban J connectivity index is 1.88. The summed E-state index contributed by atoms with van der Waals surface area (Å²) in [6.45, 7) is 6.74. The molecule has 0 saturated carbocycles. The van der Waals surface area contributed by atoms with Crippen molar-refractivity contribution in [1.29, 1.82) is 0 Å². The Hall–Kier alpha value is -1.56. The van der Waals surface area contributed by atoms with Gasteiger partial charge in [0.05, 0.1) is 12.2 Å². The standard InChI is InChI=1S/C14H23N5S/c1-3-5-6-7-16-13(15-4-2)17-10-12-11-19-8-9-20-14(19)18-12/h8-9,11H,3-7,10H2,1-2H3,(H2,15,16,17). The normalized spacial score (nSPS) is 12.0. The molecule has 6 heteroatoms. The summed E-state index contributed by atoms with van der Waals surface area (Å²) in [5.74, 6) is 0.875. The van der Waals surface area contributed by atoms with Crippen LogP contribution < -0.4 is 10.6 Å². The molecule has 5 nitrogen and oxygen atoms in total. The third-order valence-electron chi connectivity index (χ3n) is 2.96. The number of unbranched alkanes of at least 4 members (excludes halogenated alkanes) is 2. The van der Waals surface area contributed by atoms with Gasteiger partial charge >= 0.3 is 0 Å². The molecule has 2 rings (SSSR count). The smallest absolute Gasteiger partial charge is 0.193 e. The number of aliphatic imine (C=N–C) groups is 1. The van der Waals surface area contributed by atoms with Crippen LogP contribution in [0.1, 0.15) is 38.8 Å². The zero-order chi connectivity index (χ0) is 14.2. The Bertz CT molecular complexity index is 514. The molecule has 2 heterocycles. The highest BCUT2D eigenvalue weighted by Gasteiger charge is 2.02. The van der Waals surface area contributed by atoms with E-state index < -0.39 is 0 Å². The van der Waals surface area contributed by atoms with E-state index in [2.05, 4.69) is 34.5 Å². The van der Waals surface area contributed by atoms with Crippen molar-refractivity contribution in [2.24, 2.45) is 4.99 Å². The molecule has 110 valence electrons. The summed E-state index contributed by atoms with van der Waals surface area (Å²) in [5, 5.41) is 8.66. The van der Waals surface area contributed by atoms with Crippen LogP contribution in [0.3, 0.4) is 0 Å². The van der Waals surface area contributed by atoms with E-state index >= 15 is 0 Å². The zero-order valence-corrected chi connectivity index (χ0v) is 13.0. The van der Waals surface area contributed by atoms with Crippen LogP contribution in [0.25, 0.3) is 4.96 Å². The average molecular weight is 293 g/mol. The fourth-order valence-electron chi connectivity index (χ4n) is 1.94. The Morgan fingerprint density at radius 1 is 1.35 bits per heavy atom. The molecule has 2 N–H and O–H groups in total. The number of nitrogens with one attached hydrogen (secondary N) is 2. The molecule has 0 aliphatic heterocycles. The van der Waals surface area contributed by atoms with Gasteiger partial charge in [-0.15, -0.1) is 11.3 Å². The molecule has 0 atom stereocenters. The first-order valence-corrected chi connectivity index (χ1v) is 8.14. The summed E-state index contributed by atoms with van der Waals surface area (Å²) in [6, 6.07) is 0. The lowest BCUT2D eigenvalue weighted by atomic mass is 10.2. The topological polar surface area (TPSA) is 53.7 Å². The van der Waals surface area contributed by atoms with Crippen LogP contribution in [-0.4, -0.2) is 28.4 Å². The molecule has 0 aromatic carbocycles. The number of nitrogens with zero attached hydrogens (tertiary/aromatic N) is 3. The van der Waals surface area contributed by atoms with Crippen molar-refractivity contribution >= 4 is 22.3 Å². The monoisotopic (exact) mass is 293 g/mol. The van der Waals surface area contributed by atoms with E-state index in [9.17, 15) is 0 Å². The van der Waals surface area contributed by atoms with Crippen LogP contribution in [-0.2, 0) is 6.54 Å². The van der Waals surface area contributed by atoms with E-state index in [1.807, 2.05) is 22.2 Å². The Labute approximate surface area is 124 Å². The summed E-state index contributed by atoms with van der Waals surface area (Å²) in [6.07, 6.45) is 7.73. The summed E-state index contributed by atoms with van der Waals surface area (Å²) in [5.41, 5.74) is 1.00. The molecule has 0 bridgehead atoms. The number of aromatic nitrogens is 2. The summed E-state index contributed by atoms with van der Waals surface area (Å²) < 4.78 is 2.04. The van der Waals surface area contributed by atoms with Gasteiger partial charge in [0.15, 0.2) is 10.9 Å². The second-order valence-electron chi connectivity index (χ2n) is 4.65. The molecule has 2 aromatic rings. The van der Waals surface area contributed by atoms with E-state index in [1.165, 1.54) is 19.3 Å². The van der Waals surface area contributed by atoms with Crippen molar-refractivity contribution in [2.75, 3.05) is 13.1 Å². The highest BCUT2D eigenvalue weighted by atomic mass is 32.1. The molecule has 0 amide bonds. The molecular weight excluding hydrogens is 270 g/mol. The fraction of sp³-hybridized carbons (Fsp3) is 0.571. The average Bonchev–Trinajstić information content (AvgIpc) is 3.01. The second kappa shape index (κ2) is 7.89. The third kappa shape index (κ3) is 4.23. The van der Waals surface area contributed by atoms with E-state index in [0.717, 1.165) is 29.7 Å². The summed E-state index contributed by atoms with van der Waals surface area (Å²) in [4.78, 5) is 10.1. The van der Waals surface area contributed by atoms with E-state index in [-0.39, 0.29) is 0 Å². The predicted octanol–water partition coefficient (Wildman–Crippen LogP) is 2.64. The molecular formula is C14H23N5S. The van der Waals surface area contributed by atoms with Crippen molar-refractivity contribution in [2.45, 2.75) is 39.7 Å². The van der Waals surface area contributed by atoms with Crippen molar-refractivity contribution in [3.63, 3.8) is 0 Å². The molecule has 0 unspecified atom stereocenters. The van der Waals surface area contributed by atoms with Gasteiger partial charge in [0.2, 0.25) is 0 Å². The van der Waals surface area contributed by atoms with Gasteiger partial charge in [-0.25, -0.2) is 9.98 Å². The molecule has 2 aromatic heterocycles. The van der Waals surface area contributed by atoms with Crippen LogP contribution in [0.4, 0.5) is 0 Å². The Morgan fingerprint density at radius 2 is 2.25 bits per heavy atom. The van der Waals surface area contributed by atoms with Gasteiger partial charge in [-0.05, 0) is 13.3 Å². The number of guanidine groups is 1. The third-order valence-corrected chi connectivity index (χ3v) is 3.73. The first-order valence-electron chi connectivity index (χ1n) is 7.26. The van der Waals surface area contributed by atoms with Gasteiger partial charge in [0.25, 0.3) is 0 Å². The number of rotatable bonds is 7. The zero-order valence-electron chi connectivity index (χ0n) is 12.2. The maximum atomic E-state index is 4.58. The van der Waals surface area contributed by atoms with Crippen LogP contribution in [0.15, 0.2) is 22.8 Å². The minimum Gasteiger partial charge on any atom is -0.357 e. The van der Waals surface area contributed by atoms with Gasteiger partial charge < -0.3 is 10.6 Å². The maximum absolute atomic E-state index is 4.58. The lowest BCUT2D eigenvalue weighted by molar-refractivity contribution is 0.683. The molecule has 0 fully saturated rings. The summed E-state index contributed by atoms with van der Waals surface area (Å²) in [7, 11) is 0. The predicted molar refractivity (Wildman–Crippen MR) is 85.4 cm³/mol. The van der Waals surface area contributed by atoms with Gasteiger partial charge in [-0.1, -0.05) is 19.8 Å². The highest BCUT2D eigenvalue weighted by Crippen LogP contribution is 2.11. The van der Waals surface area contributed by atoms with Gasteiger partial charge in [0, 0.05) is 30.9 Å². The molecule has 0 radical (unpaired) electrons. The number of thiazole rings is 1.